The third-order valence-electron chi connectivity index (χ3n) is 7.10. The fourth-order valence-corrected chi connectivity index (χ4v) is 7.27. The predicted molar refractivity (Wildman–Crippen MR) is 110 cm³/mol. The predicted octanol–water partition coefficient (Wildman–Crippen LogP) is 5.82. The fourth-order valence-electron chi connectivity index (χ4n) is 6.39. The molecule has 27 heavy (non-hydrogen) atoms. The van der Waals surface area contributed by atoms with E-state index in [9.17, 15) is 0 Å². The van der Waals surface area contributed by atoms with Gasteiger partial charge in [0.15, 0.2) is 4.96 Å². The smallest absolute Gasteiger partial charge is 0.194 e. The largest absolute Gasteiger partial charge is 0.290 e. The van der Waals surface area contributed by atoms with Crippen LogP contribution in [0.1, 0.15) is 49.8 Å². The maximum atomic E-state index is 9.02. The van der Waals surface area contributed by atoms with Gasteiger partial charge in [-0.2, -0.15) is 5.26 Å². The number of imidazole rings is 1. The molecule has 2 heterocycles. The van der Waals surface area contributed by atoms with Gasteiger partial charge in [-0.15, -0.1) is 23.7 Å². The number of fused-ring (bicyclic) bond motifs is 1. The van der Waals surface area contributed by atoms with E-state index in [1.54, 1.807) is 11.3 Å². The van der Waals surface area contributed by atoms with E-state index >= 15 is 0 Å². The van der Waals surface area contributed by atoms with Crippen LogP contribution in [-0.2, 0) is 5.41 Å². The van der Waals surface area contributed by atoms with Crippen LogP contribution in [0.5, 0.6) is 0 Å². The maximum Gasteiger partial charge on any atom is 0.194 e. The van der Waals surface area contributed by atoms with Crippen molar-refractivity contribution in [3.63, 3.8) is 0 Å². The van der Waals surface area contributed by atoms with Gasteiger partial charge in [0.2, 0.25) is 0 Å². The average Bonchev–Trinajstić information content (AvgIpc) is 3.22. The van der Waals surface area contributed by atoms with Gasteiger partial charge >= 0.3 is 0 Å². The van der Waals surface area contributed by atoms with E-state index in [-0.39, 0.29) is 12.4 Å². The molecule has 0 saturated heterocycles. The molecule has 4 aliphatic rings. The molecule has 2 aromatic heterocycles. The summed E-state index contributed by atoms with van der Waals surface area (Å²) in [4.78, 5) is 6.22. The van der Waals surface area contributed by atoms with Gasteiger partial charge in [-0.05, 0) is 74.0 Å². The van der Waals surface area contributed by atoms with Crippen molar-refractivity contribution in [3.05, 3.63) is 47.1 Å². The maximum absolute atomic E-state index is 9.02. The van der Waals surface area contributed by atoms with Crippen molar-refractivity contribution in [2.45, 2.75) is 43.9 Å². The Kier molecular flexibility index (Phi) is 3.90. The number of halogens is 1. The van der Waals surface area contributed by atoms with Crippen LogP contribution in [0.15, 0.2) is 35.8 Å². The van der Waals surface area contributed by atoms with Crippen LogP contribution < -0.4 is 0 Å². The Morgan fingerprint density at radius 2 is 1.67 bits per heavy atom. The molecule has 4 fully saturated rings. The van der Waals surface area contributed by atoms with Crippen LogP contribution in [-0.4, -0.2) is 9.38 Å². The average molecular weight is 396 g/mol. The number of rotatable bonds is 2. The Labute approximate surface area is 169 Å². The molecule has 0 amide bonds. The summed E-state index contributed by atoms with van der Waals surface area (Å²) in [6.07, 6.45) is 10.8. The van der Waals surface area contributed by atoms with Gasteiger partial charge in [-0.3, -0.25) is 4.40 Å². The quantitative estimate of drug-likeness (QED) is 0.548. The Hall–Kier alpha value is -1.83. The van der Waals surface area contributed by atoms with Gasteiger partial charge in [-0.25, -0.2) is 4.98 Å². The molecule has 4 aliphatic carbocycles. The van der Waals surface area contributed by atoms with Gasteiger partial charge in [0.1, 0.15) is 0 Å². The van der Waals surface area contributed by atoms with E-state index in [1.165, 1.54) is 49.9 Å². The normalized spacial score (nSPS) is 31.0. The second-order valence-electron chi connectivity index (χ2n) is 8.79. The first-order valence-corrected chi connectivity index (χ1v) is 10.6. The lowest BCUT2D eigenvalue weighted by molar-refractivity contribution is -0.00696. The number of nitriles is 1. The number of aromatic nitrogens is 2. The lowest BCUT2D eigenvalue weighted by atomic mass is 9.49. The van der Waals surface area contributed by atoms with Crippen molar-refractivity contribution in [2.24, 2.45) is 17.8 Å². The SMILES string of the molecule is Cl.N#Cc1ccc(-c2csc3nc(C45CC6CC(CC(C6)C4)C5)cn23)cc1. The van der Waals surface area contributed by atoms with E-state index in [4.69, 9.17) is 10.2 Å². The summed E-state index contributed by atoms with van der Waals surface area (Å²) in [5, 5.41) is 11.2. The fraction of sp³-hybridized carbons (Fsp3) is 0.455. The Morgan fingerprint density at radius 3 is 2.26 bits per heavy atom. The molecule has 0 unspecified atom stereocenters. The Morgan fingerprint density at radius 1 is 1.04 bits per heavy atom. The van der Waals surface area contributed by atoms with Crippen molar-refractivity contribution < 1.29 is 0 Å². The minimum absolute atomic E-state index is 0. The summed E-state index contributed by atoms with van der Waals surface area (Å²) in [6, 6.07) is 10.1. The zero-order valence-corrected chi connectivity index (χ0v) is 16.7. The van der Waals surface area contributed by atoms with Crippen LogP contribution in [0, 0.1) is 29.1 Å². The van der Waals surface area contributed by atoms with Crippen molar-refractivity contribution >= 4 is 28.7 Å². The number of thiazole rings is 1. The summed E-state index contributed by atoms with van der Waals surface area (Å²) in [7, 11) is 0. The summed E-state index contributed by atoms with van der Waals surface area (Å²) in [5.41, 5.74) is 4.75. The molecule has 1 aromatic carbocycles. The molecule has 7 rings (SSSR count). The Balaban J connectivity index is 0.00000160. The van der Waals surface area contributed by atoms with Crippen LogP contribution in [0.25, 0.3) is 16.2 Å². The molecule has 138 valence electrons. The standard InChI is InChI=1S/C22H21N3S.ClH/c23-11-14-1-3-18(4-2-14)19-13-26-21-24-20(12-25(19)21)22-8-15-5-16(9-22)7-17(6-15)10-22;/h1-4,12-13,15-17H,5-10H2;1H. The van der Waals surface area contributed by atoms with Gasteiger partial charge in [0, 0.05) is 17.0 Å². The first kappa shape index (κ1) is 17.3. The highest BCUT2D eigenvalue weighted by Gasteiger charge is 2.52. The molecule has 0 aliphatic heterocycles. The summed E-state index contributed by atoms with van der Waals surface area (Å²) < 4.78 is 2.28. The van der Waals surface area contributed by atoms with Crippen molar-refractivity contribution in [1.29, 1.82) is 5.26 Å². The van der Waals surface area contributed by atoms with Crippen molar-refractivity contribution in [1.82, 2.24) is 9.38 Å². The molecule has 0 atom stereocenters. The molecule has 0 N–H and O–H groups in total. The zero-order chi connectivity index (χ0) is 17.3. The van der Waals surface area contributed by atoms with E-state index in [0.29, 0.717) is 11.0 Å². The first-order valence-electron chi connectivity index (χ1n) is 9.70. The minimum Gasteiger partial charge on any atom is -0.290 e. The second kappa shape index (κ2) is 6.09. The minimum atomic E-state index is 0. The molecular weight excluding hydrogens is 374 g/mol. The zero-order valence-electron chi connectivity index (χ0n) is 15.1. The molecular formula is C22H22ClN3S. The van der Waals surface area contributed by atoms with E-state index in [1.807, 2.05) is 24.3 Å². The first-order chi connectivity index (χ1) is 12.7. The van der Waals surface area contributed by atoms with E-state index < -0.39 is 0 Å². The van der Waals surface area contributed by atoms with Crippen molar-refractivity contribution in [2.75, 3.05) is 0 Å². The van der Waals surface area contributed by atoms with Crippen LogP contribution in [0.3, 0.4) is 0 Å². The number of benzene rings is 1. The molecule has 4 saturated carbocycles. The van der Waals surface area contributed by atoms with E-state index in [0.717, 1.165) is 28.3 Å². The molecule has 5 heteroatoms. The summed E-state index contributed by atoms with van der Waals surface area (Å²) in [6.45, 7) is 0. The molecule has 0 radical (unpaired) electrons. The Bertz CT molecular complexity index is 1000. The molecule has 3 nitrogen and oxygen atoms in total. The van der Waals surface area contributed by atoms with Gasteiger partial charge in [-0.1, -0.05) is 12.1 Å². The second-order valence-corrected chi connectivity index (χ2v) is 9.62. The van der Waals surface area contributed by atoms with Crippen LogP contribution >= 0.6 is 23.7 Å². The van der Waals surface area contributed by atoms with Crippen molar-refractivity contribution in [3.8, 4) is 17.3 Å². The highest BCUT2D eigenvalue weighted by molar-refractivity contribution is 7.15. The highest BCUT2D eigenvalue weighted by atomic mass is 35.5. The van der Waals surface area contributed by atoms with E-state index in [2.05, 4.69) is 22.0 Å². The van der Waals surface area contributed by atoms with Crippen LogP contribution in [0.4, 0.5) is 0 Å². The number of hydrogen-bond donors (Lipinski definition) is 0. The molecule has 3 aromatic rings. The number of hydrogen-bond acceptors (Lipinski definition) is 3. The van der Waals surface area contributed by atoms with Gasteiger partial charge in [0.05, 0.1) is 23.0 Å². The summed E-state index contributed by atoms with van der Waals surface area (Å²) in [5.74, 6) is 2.83. The van der Waals surface area contributed by atoms with Gasteiger partial charge < -0.3 is 0 Å². The topological polar surface area (TPSA) is 41.1 Å². The van der Waals surface area contributed by atoms with Gasteiger partial charge in [0.25, 0.3) is 0 Å². The number of nitrogens with zero attached hydrogens (tertiary/aromatic N) is 3. The molecule has 0 spiro atoms. The third-order valence-corrected chi connectivity index (χ3v) is 7.94. The lowest BCUT2D eigenvalue weighted by Crippen LogP contribution is -2.48. The summed E-state index contributed by atoms with van der Waals surface area (Å²) >= 11 is 1.73. The third kappa shape index (κ3) is 2.56. The highest BCUT2D eigenvalue weighted by Crippen LogP contribution is 2.60. The monoisotopic (exact) mass is 395 g/mol. The van der Waals surface area contributed by atoms with Crippen LogP contribution in [0.2, 0.25) is 0 Å². The molecule has 4 bridgehead atoms. The lowest BCUT2D eigenvalue weighted by Gasteiger charge is -2.56.